The first-order valence-corrected chi connectivity index (χ1v) is 8.19. The van der Waals surface area contributed by atoms with E-state index in [4.69, 9.17) is 4.74 Å². The predicted octanol–water partition coefficient (Wildman–Crippen LogP) is 2.43. The van der Waals surface area contributed by atoms with Crippen LogP contribution in [0.2, 0.25) is 0 Å². The number of hydrogen-bond donors (Lipinski definition) is 1. The summed E-state index contributed by atoms with van der Waals surface area (Å²) in [7, 11) is 0. The van der Waals surface area contributed by atoms with Crippen LogP contribution in [0.15, 0.2) is 0 Å². The Labute approximate surface area is 117 Å². The Morgan fingerprint density at radius 2 is 1.89 bits per heavy atom. The summed E-state index contributed by atoms with van der Waals surface area (Å²) in [4.78, 5) is 2.58. The van der Waals surface area contributed by atoms with Gasteiger partial charge < -0.3 is 9.84 Å². The molecule has 19 heavy (non-hydrogen) atoms. The minimum absolute atomic E-state index is 0.408. The summed E-state index contributed by atoms with van der Waals surface area (Å²) in [5, 5.41) is 10.8. The van der Waals surface area contributed by atoms with E-state index in [9.17, 15) is 5.11 Å². The van der Waals surface area contributed by atoms with E-state index in [1.165, 1.54) is 32.1 Å². The first-order chi connectivity index (χ1) is 9.15. The van der Waals surface area contributed by atoms with Gasteiger partial charge in [0.25, 0.3) is 0 Å². The smallest absolute Gasteiger partial charge is 0.0774 e. The third kappa shape index (κ3) is 3.71. The SMILES string of the molecule is CC1CCC(O)(CN(CC2CCOC2)C2CC2)CC1. The van der Waals surface area contributed by atoms with Gasteiger partial charge in [0.2, 0.25) is 0 Å². The zero-order chi connectivity index (χ0) is 13.3. The molecule has 1 unspecified atom stereocenters. The molecule has 3 nitrogen and oxygen atoms in total. The lowest BCUT2D eigenvalue weighted by molar-refractivity contribution is -0.0398. The molecule has 3 fully saturated rings. The lowest BCUT2D eigenvalue weighted by Gasteiger charge is -2.39. The maximum Gasteiger partial charge on any atom is 0.0774 e. The summed E-state index contributed by atoms with van der Waals surface area (Å²) in [5.41, 5.74) is -0.408. The highest BCUT2D eigenvalue weighted by atomic mass is 16.5. The van der Waals surface area contributed by atoms with Crippen molar-refractivity contribution in [2.24, 2.45) is 11.8 Å². The van der Waals surface area contributed by atoms with Crippen molar-refractivity contribution in [3.05, 3.63) is 0 Å². The summed E-state index contributed by atoms with van der Waals surface area (Å²) in [6, 6.07) is 0.754. The van der Waals surface area contributed by atoms with E-state index >= 15 is 0 Å². The molecule has 0 aromatic carbocycles. The van der Waals surface area contributed by atoms with Gasteiger partial charge in [-0.2, -0.15) is 0 Å². The van der Waals surface area contributed by atoms with Crippen LogP contribution in [0.1, 0.15) is 51.9 Å². The summed E-state index contributed by atoms with van der Waals surface area (Å²) in [5.74, 6) is 1.50. The lowest BCUT2D eigenvalue weighted by atomic mass is 9.79. The van der Waals surface area contributed by atoms with Gasteiger partial charge >= 0.3 is 0 Å². The van der Waals surface area contributed by atoms with Gasteiger partial charge in [-0.05, 0) is 56.8 Å². The zero-order valence-electron chi connectivity index (χ0n) is 12.3. The van der Waals surface area contributed by atoms with Crippen molar-refractivity contribution in [3.63, 3.8) is 0 Å². The van der Waals surface area contributed by atoms with Crippen molar-refractivity contribution in [1.29, 1.82) is 0 Å². The third-order valence-electron chi connectivity index (χ3n) is 5.28. The van der Waals surface area contributed by atoms with Crippen LogP contribution in [-0.2, 0) is 4.74 Å². The molecule has 0 amide bonds. The molecule has 0 radical (unpaired) electrons. The second-order valence-corrected chi connectivity index (χ2v) is 7.30. The highest BCUT2D eigenvalue weighted by Crippen LogP contribution is 2.36. The quantitative estimate of drug-likeness (QED) is 0.830. The molecule has 0 aromatic heterocycles. The largest absolute Gasteiger partial charge is 0.389 e. The number of nitrogens with zero attached hydrogens (tertiary/aromatic N) is 1. The molecule has 1 saturated heterocycles. The van der Waals surface area contributed by atoms with Gasteiger partial charge in [-0.25, -0.2) is 0 Å². The van der Waals surface area contributed by atoms with Crippen LogP contribution >= 0.6 is 0 Å². The van der Waals surface area contributed by atoms with E-state index in [-0.39, 0.29) is 0 Å². The number of ether oxygens (including phenoxy) is 1. The monoisotopic (exact) mass is 267 g/mol. The standard InChI is InChI=1S/C16H29NO2/c1-13-4-7-16(18,8-5-13)12-17(15-2-3-15)10-14-6-9-19-11-14/h13-15,18H,2-12H2,1H3. The van der Waals surface area contributed by atoms with E-state index in [2.05, 4.69) is 11.8 Å². The Morgan fingerprint density at radius 3 is 2.47 bits per heavy atom. The lowest BCUT2D eigenvalue weighted by Crippen LogP contribution is -2.47. The topological polar surface area (TPSA) is 32.7 Å². The molecule has 2 aliphatic carbocycles. The fourth-order valence-electron chi connectivity index (χ4n) is 3.68. The van der Waals surface area contributed by atoms with E-state index in [1.54, 1.807) is 0 Å². The molecule has 3 aliphatic rings. The molecule has 2 saturated carbocycles. The molecular weight excluding hydrogens is 238 g/mol. The normalized spacial score (nSPS) is 39.9. The summed E-state index contributed by atoms with van der Waals surface area (Å²) >= 11 is 0. The molecule has 0 spiro atoms. The maximum absolute atomic E-state index is 10.8. The van der Waals surface area contributed by atoms with Crippen LogP contribution < -0.4 is 0 Å². The fourth-order valence-corrected chi connectivity index (χ4v) is 3.68. The Kier molecular flexibility index (Phi) is 4.16. The van der Waals surface area contributed by atoms with E-state index in [0.717, 1.165) is 51.1 Å². The fraction of sp³-hybridized carbons (Fsp3) is 1.00. The van der Waals surface area contributed by atoms with Crippen LogP contribution in [0.4, 0.5) is 0 Å². The second kappa shape index (κ2) is 5.71. The van der Waals surface area contributed by atoms with E-state index in [0.29, 0.717) is 5.92 Å². The Bertz CT molecular complexity index is 289. The molecule has 0 bridgehead atoms. The molecular formula is C16H29NO2. The summed E-state index contributed by atoms with van der Waals surface area (Å²) in [6.07, 6.45) is 8.26. The van der Waals surface area contributed by atoms with Crippen molar-refractivity contribution >= 4 is 0 Å². The van der Waals surface area contributed by atoms with E-state index < -0.39 is 5.60 Å². The van der Waals surface area contributed by atoms with Gasteiger partial charge in [0.1, 0.15) is 0 Å². The Morgan fingerprint density at radius 1 is 1.16 bits per heavy atom. The minimum atomic E-state index is -0.408. The van der Waals surface area contributed by atoms with Gasteiger partial charge in [-0.1, -0.05) is 6.92 Å². The molecule has 3 rings (SSSR count). The number of rotatable bonds is 5. The van der Waals surface area contributed by atoms with Gasteiger partial charge in [0, 0.05) is 25.7 Å². The van der Waals surface area contributed by atoms with Crippen molar-refractivity contribution in [1.82, 2.24) is 4.90 Å². The third-order valence-corrected chi connectivity index (χ3v) is 5.28. The number of hydrogen-bond acceptors (Lipinski definition) is 3. The van der Waals surface area contributed by atoms with Crippen LogP contribution in [0.3, 0.4) is 0 Å². The molecule has 110 valence electrons. The number of aliphatic hydroxyl groups is 1. The Balaban J connectivity index is 1.54. The van der Waals surface area contributed by atoms with Crippen molar-refractivity contribution in [2.45, 2.75) is 63.5 Å². The minimum Gasteiger partial charge on any atom is -0.389 e. The molecule has 1 N–H and O–H groups in total. The average Bonchev–Trinajstić information content (AvgIpc) is 3.12. The highest BCUT2D eigenvalue weighted by Gasteiger charge is 2.39. The van der Waals surface area contributed by atoms with Crippen molar-refractivity contribution < 1.29 is 9.84 Å². The zero-order valence-corrected chi connectivity index (χ0v) is 12.3. The summed E-state index contributed by atoms with van der Waals surface area (Å²) in [6.45, 7) is 6.22. The van der Waals surface area contributed by atoms with Crippen LogP contribution in [0.25, 0.3) is 0 Å². The van der Waals surface area contributed by atoms with Gasteiger partial charge in [-0.15, -0.1) is 0 Å². The van der Waals surface area contributed by atoms with Gasteiger partial charge in [0.15, 0.2) is 0 Å². The van der Waals surface area contributed by atoms with Crippen molar-refractivity contribution in [3.8, 4) is 0 Å². The highest BCUT2D eigenvalue weighted by molar-refractivity contribution is 4.93. The molecule has 3 heteroatoms. The Hall–Kier alpha value is -0.120. The van der Waals surface area contributed by atoms with Crippen LogP contribution in [-0.4, -0.2) is 48.0 Å². The van der Waals surface area contributed by atoms with Crippen molar-refractivity contribution in [2.75, 3.05) is 26.3 Å². The van der Waals surface area contributed by atoms with Crippen LogP contribution in [0, 0.1) is 11.8 Å². The second-order valence-electron chi connectivity index (χ2n) is 7.30. The molecule has 0 aromatic rings. The first-order valence-electron chi connectivity index (χ1n) is 8.19. The summed E-state index contributed by atoms with van der Waals surface area (Å²) < 4.78 is 5.50. The molecule has 1 heterocycles. The maximum atomic E-state index is 10.8. The first kappa shape index (κ1) is 13.8. The van der Waals surface area contributed by atoms with Gasteiger partial charge in [0.05, 0.1) is 12.2 Å². The molecule has 1 aliphatic heterocycles. The average molecular weight is 267 g/mol. The van der Waals surface area contributed by atoms with Crippen LogP contribution in [0.5, 0.6) is 0 Å². The molecule has 1 atom stereocenters. The van der Waals surface area contributed by atoms with Gasteiger partial charge in [-0.3, -0.25) is 4.90 Å². The predicted molar refractivity (Wildman–Crippen MR) is 76.1 cm³/mol. The van der Waals surface area contributed by atoms with E-state index in [1.807, 2.05) is 0 Å².